The number of carbonyl (C=O) groups is 5. The van der Waals surface area contributed by atoms with E-state index in [9.17, 15) is 24.0 Å². The Kier molecular flexibility index (Phi) is 6.89. The van der Waals surface area contributed by atoms with Crippen LogP contribution in [0.25, 0.3) is 0 Å². The van der Waals surface area contributed by atoms with Gasteiger partial charge in [0, 0.05) is 44.9 Å². The van der Waals surface area contributed by atoms with Gasteiger partial charge < -0.3 is 10.1 Å². The highest BCUT2D eigenvalue weighted by Crippen LogP contribution is 2.29. The van der Waals surface area contributed by atoms with Crippen molar-refractivity contribution in [2.24, 2.45) is 0 Å². The zero-order valence-corrected chi connectivity index (χ0v) is 19.4. The molecule has 3 aromatic carbocycles. The van der Waals surface area contributed by atoms with Gasteiger partial charge in [-0.3, -0.25) is 24.0 Å². The van der Waals surface area contributed by atoms with Crippen LogP contribution in [0.4, 0.5) is 5.69 Å². The van der Waals surface area contributed by atoms with Crippen molar-refractivity contribution in [3.8, 4) is 0 Å². The van der Waals surface area contributed by atoms with E-state index in [4.69, 9.17) is 16.3 Å². The smallest absolute Gasteiger partial charge is 0.307 e. The average molecular weight is 490 g/mol. The fourth-order valence-electron chi connectivity index (χ4n) is 3.73. The normalized spacial score (nSPS) is 12.9. The minimum Gasteiger partial charge on any atom is -0.453 e. The van der Waals surface area contributed by atoms with Crippen LogP contribution in [0.1, 0.15) is 62.0 Å². The first-order chi connectivity index (χ1) is 16.7. The van der Waals surface area contributed by atoms with Gasteiger partial charge in [-0.15, -0.1) is 0 Å². The zero-order chi connectivity index (χ0) is 25.1. The highest BCUT2D eigenvalue weighted by Gasteiger charge is 2.29. The molecule has 0 spiro atoms. The van der Waals surface area contributed by atoms with Gasteiger partial charge in [0.05, 0.1) is 6.42 Å². The molecule has 8 heteroatoms. The molecule has 1 aliphatic rings. The van der Waals surface area contributed by atoms with E-state index < -0.39 is 18.0 Å². The summed E-state index contributed by atoms with van der Waals surface area (Å²) in [7, 11) is 0. The number of rotatable bonds is 7. The molecular weight excluding hydrogens is 470 g/mol. The van der Waals surface area contributed by atoms with Crippen LogP contribution in [0.2, 0.25) is 5.02 Å². The highest BCUT2D eigenvalue weighted by molar-refractivity contribution is 6.30. The summed E-state index contributed by atoms with van der Waals surface area (Å²) < 4.78 is 5.14. The lowest BCUT2D eigenvalue weighted by Crippen LogP contribution is -2.30. The second kappa shape index (κ2) is 10.0. The first-order valence-corrected chi connectivity index (χ1v) is 11.2. The molecule has 0 fully saturated rings. The summed E-state index contributed by atoms with van der Waals surface area (Å²) in [5, 5.41) is 3.09. The summed E-state index contributed by atoms with van der Waals surface area (Å²) in [6.45, 7) is 1.40. The van der Waals surface area contributed by atoms with Gasteiger partial charge in [0.2, 0.25) is 0 Å². The predicted molar refractivity (Wildman–Crippen MR) is 129 cm³/mol. The number of ether oxygens (including phenoxy) is 1. The molecule has 0 saturated carbocycles. The number of nitrogens with one attached hydrogen (secondary N) is 1. The van der Waals surface area contributed by atoms with Crippen molar-refractivity contribution in [1.82, 2.24) is 0 Å². The van der Waals surface area contributed by atoms with E-state index in [0.29, 0.717) is 21.7 Å². The van der Waals surface area contributed by atoms with Gasteiger partial charge in [-0.2, -0.15) is 0 Å². The van der Waals surface area contributed by atoms with Crippen LogP contribution < -0.4 is 5.32 Å². The Morgan fingerprint density at radius 3 is 2.09 bits per heavy atom. The summed E-state index contributed by atoms with van der Waals surface area (Å²) in [5.74, 6) is -2.12. The largest absolute Gasteiger partial charge is 0.453 e. The second-order valence-corrected chi connectivity index (χ2v) is 8.45. The molecule has 1 aliphatic carbocycles. The van der Waals surface area contributed by atoms with Crippen molar-refractivity contribution >= 4 is 46.5 Å². The van der Waals surface area contributed by atoms with Crippen LogP contribution in [-0.4, -0.2) is 35.3 Å². The molecule has 0 radical (unpaired) electrons. The number of carbonyl (C=O) groups excluding carboxylic acids is 5. The van der Waals surface area contributed by atoms with Crippen molar-refractivity contribution in [1.29, 1.82) is 0 Å². The molecular formula is C27H20ClNO6. The summed E-state index contributed by atoms with van der Waals surface area (Å²) in [5.41, 5.74) is 1.82. The van der Waals surface area contributed by atoms with Gasteiger partial charge >= 0.3 is 5.97 Å². The van der Waals surface area contributed by atoms with E-state index in [0.717, 1.165) is 0 Å². The van der Waals surface area contributed by atoms with Gasteiger partial charge in [-0.1, -0.05) is 35.9 Å². The van der Waals surface area contributed by atoms with Gasteiger partial charge in [-0.05, 0) is 49.4 Å². The first-order valence-electron chi connectivity index (χ1n) is 10.9. The molecule has 0 bridgehead atoms. The Balaban J connectivity index is 1.35. The van der Waals surface area contributed by atoms with E-state index in [1.807, 2.05) is 0 Å². The van der Waals surface area contributed by atoms with Gasteiger partial charge in [0.1, 0.15) is 0 Å². The van der Waals surface area contributed by atoms with E-state index in [-0.39, 0.29) is 47.0 Å². The molecule has 0 aliphatic heterocycles. The van der Waals surface area contributed by atoms with Crippen molar-refractivity contribution in [2.75, 3.05) is 5.32 Å². The number of fused-ring (bicyclic) bond motifs is 2. The van der Waals surface area contributed by atoms with Crippen LogP contribution in [-0.2, 0) is 14.3 Å². The second-order valence-electron chi connectivity index (χ2n) is 8.02. The van der Waals surface area contributed by atoms with E-state index in [2.05, 4.69) is 5.32 Å². The Labute approximate surface area is 206 Å². The molecule has 1 N–H and O–H groups in total. The molecule has 3 aromatic rings. The van der Waals surface area contributed by atoms with Crippen LogP contribution in [0.3, 0.4) is 0 Å². The summed E-state index contributed by atoms with van der Waals surface area (Å²) in [6, 6.07) is 17.3. The number of amides is 1. The fourth-order valence-corrected chi connectivity index (χ4v) is 3.85. The number of Topliss-reactive ketones (excluding diaryl/α,β-unsaturated/α-hetero) is 1. The number of benzene rings is 3. The minimum atomic E-state index is -1.14. The summed E-state index contributed by atoms with van der Waals surface area (Å²) >= 11 is 5.80. The number of halogens is 1. The summed E-state index contributed by atoms with van der Waals surface area (Å²) in [4.78, 5) is 62.4. The van der Waals surface area contributed by atoms with Crippen LogP contribution in [0.15, 0.2) is 66.7 Å². The van der Waals surface area contributed by atoms with Gasteiger partial charge in [-0.25, -0.2) is 0 Å². The van der Waals surface area contributed by atoms with E-state index in [1.165, 1.54) is 25.1 Å². The molecule has 0 saturated heterocycles. The Hall–Kier alpha value is -4.10. The number of hydrogen-bond acceptors (Lipinski definition) is 6. The quantitative estimate of drug-likeness (QED) is 0.299. The standard InChI is InChI=1S/C27H20ClNO6/c1-15(35-24(31)13-12-23(30)16-6-8-17(28)9-7-16)27(34)29-18-10-11-21-22(14-18)26(33)20-5-3-2-4-19(20)25(21)32/h2-11,14-15H,12-13H2,1H3,(H,29,34). The maximum Gasteiger partial charge on any atom is 0.307 e. The highest BCUT2D eigenvalue weighted by atomic mass is 35.5. The van der Waals surface area contributed by atoms with Crippen molar-refractivity contribution < 1.29 is 28.7 Å². The van der Waals surface area contributed by atoms with Crippen molar-refractivity contribution in [2.45, 2.75) is 25.9 Å². The van der Waals surface area contributed by atoms with Gasteiger partial charge in [0.25, 0.3) is 5.91 Å². The zero-order valence-electron chi connectivity index (χ0n) is 18.7. The third-order valence-electron chi connectivity index (χ3n) is 5.59. The third kappa shape index (κ3) is 5.20. The number of ketones is 3. The van der Waals surface area contributed by atoms with Crippen molar-refractivity contribution in [3.05, 3.63) is 99.6 Å². The monoisotopic (exact) mass is 489 g/mol. The lowest BCUT2D eigenvalue weighted by Gasteiger charge is -2.19. The molecule has 1 amide bonds. The third-order valence-corrected chi connectivity index (χ3v) is 5.84. The average Bonchev–Trinajstić information content (AvgIpc) is 2.86. The van der Waals surface area contributed by atoms with Gasteiger partial charge in [0.15, 0.2) is 23.5 Å². The molecule has 1 atom stereocenters. The Morgan fingerprint density at radius 1 is 0.829 bits per heavy atom. The molecule has 1 unspecified atom stereocenters. The van der Waals surface area contributed by atoms with Crippen LogP contribution in [0, 0.1) is 0 Å². The van der Waals surface area contributed by atoms with E-state index >= 15 is 0 Å². The Bertz CT molecular complexity index is 1360. The SMILES string of the molecule is CC(OC(=O)CCC(=O)c1ccc(Cl)cc1)C(=O)Nc1ccc2c(c1)C(=O)c1ccccc1C2=O. The summed E-state index contributed by atoms with van der Waals surface area (Å²) in [6.07, 6.45) is -1.40. The lowest BCUT2D eigenvalue weighted by molar-refractivity contribution is -0.153. The molecule has 0 heterocycles. The van der Waals surface area contributed by atoms with Crippen LogP contribution in [0.5, 0.6) is 0 Å². The molecule has 4 rings (SSSR count). The molecule has 0 aromatic heterocycles. The molecule has 176 valence electrons. The minimum absolute atomic E-state index is 0.0722. The maximum atomic E-state index is 12.8. The first kappa shape index (κ1) is 24.0. The number of hydrogen-bond donors (Lipinski definition) is 1. The number of anilines is 1. The predicted octanol–water partition coefficient (Wildman–Crippen LogP) is 4.65. The van der Waals surface area contributed by atoms with E-state index in [1.54, 1.807) is 48.5 Å². The topological polar surface area (TPSA) is 107 Å². The molecule has 35 heavy (non-hydrogen) atoms. The maximum absolute atomic E-state index is 12.8. The molecule has 7 nitrogen and oxygen atoms in total. The fraction of sp³-hybridized carbons (Fsp3) is 0.148. The van der Waals surface area contributed by atoms with Crippen molar-refractivity contribution in [3.63, 3.8) is 0 Å². The lowest BCUT2D eigenvalue weighted by atomic mass is 9.84. The number of esters is 1. The Morgan fingerprint density at radius 2 is 1.43 bits per heavy atom. The van der Waals surface area contributed by atoms with Crippen LogP contribution >= 0.6 is 11.6 Å².